The number of Topliss-reactive ketones (excluding diaryl/α,β-unsaturated/α-hetero) is 1. The Morgan fingerprint density at radius 3 is 2.53 bits per heavy atom. The Morgan fingerprint density at radius 2 is 1.80 bits per heavy atom. The minimum absolute atomic E-state index is 0.0358. The maximum absolute atomic E-state index is 15.1. The first-order chi connectivity index (χ1) is 28.1. The van der Waals surface area contributed by atoms with Crippen molar-refractivity contribution < 1.29 is 41.8 Å². The van der Waals surface area contributed by atoms with Crippen LogP contribution < -0.4 is 14.2 Å². The van der Waals surface area contributed by atoms with Crippen molar-refractivity contribution in [3.8, 4) is 11.8 Å². The van der Waals surface area contributed by atoms with E-state index in [0.717, 1.165) is 32.1 Å². The third-order valence-corrected chi connectivity index (χ3v) is 16.7. The maximum atomic E-state index is 15.1. The molecule has 5 fully saturated rings. The fraction of sp³-hybridized carbons (Fsp3) is 0.667. The van der Waals surface area contributed by atoms with E-state index in [4.69, 9.17) is 30.8 Å². The summed E-state index contributed by atoms with van der Waals surface area (Å²) in [6.07, 6.45) is 10.1. The SMILES string of the molecule is CCCOc1cc2c(Cl)cccc2c(O[C@@H]2C[C@H]3C(=O)C[C@]4(C(=O)NS(=O)(=O)C5(C)CC5)C[C@H]4/C=C\CC[C@H](C)C[C@@H](C)[C@H](CC(=O)OC4CC5C[C@H]5C4)C(=O)N3C2)n1. The van der Waals surface area contributed by atoms with Crippen LogP contribution in [0.5, 0.6) is 11.8 Å². The molecule has 12 nitrogen and oxygen atoms in total. The van der Waals surface area contributed by atoms with Gasteiger partial charge in [-0.15, -0.1) is 0 Å². The van der Waals surface area contributed by atoms with Gasteiger partial charge in [-0.1, -0.05) is 50.6 Å². The van der Waals surface area contributed by atoms with Crippen molar-refractivity contribution in [2.45, 2.75) is 134 Å². The number of nitrogens with one attached hydrogen (secondary N) is 1. The lowest BCUT2D eigenvalue weighted by molar-refractivity contribution is -0.155. The van der Waals surface area contributed by atoms with E-state index in [9.17, 15) is 22.8 Å². The predicted molar refractivity (Wildman–Crippen MR) is 222 cm³/mol. The van der Waals surface area contributed by atoms with Gasteiger partial charge >= 0.3 is 5.97 Å². The van der Waals surface area contributed by atoms with Crippen LogP contribution in [0.3, 0.4) is 0 Å². The number of aromatic nitrogens is 1. The van der Waals surface area contributed by atoms with Gasteiger partial charge in [0.2, 0.25) is 33.6 Å². The molecule has 2 aromatic rings. The molecule has 0 spiro atoms. The highest BCUT2D eigenvalue weighted by Crippen LogP contribution is 2.58. The number of fused-ring (bicyclic) bond motifs is 4. The molecular formula is C45H58ClN3O9S. The number of halogens is 1. The Labute approximate surface area is 352 Å². The summed E-state index contributed by atoms with van der Waals surface area (Å²) in [6, 6.07) is 6.18. The monoisotopic (exact) mass is 851 g/mol. The Kier molecular flexibility index (Phi) is 11.6. The van der Waals surface area contributed by atoms with Crippen LogP contribution in [0, 0.1) is 40.9 Å². The molecule has 10 atom stereocenters. The molecule has 1 aromatic heterocycles. The minimum atomic E-state index is -3.96. The number of ketones is 1. The molecule has 1 saturated heterocycles. The summed E-state index contributed by atoms with van der Waals surface area (Å²) < 4.78 is 46.5. The maximum Gasteiger partial charge on any atom is 0.306 e. The number of pyridine rings is 1. The van der Waals surface area contributed by atoms with E-state index in [-0.39, 0.29) is 67.2 Å². The lowest BCUT2D eigenvalue weighted by atomic mass is 9.82. The Hall–Kier alpha value is -3.71. The van der Waals surface area contributed by atoms with Gasteiger partial charge in [-0.2, -0.15) is 4.98 Å². The van der Waals surface area contributed by atoms with Crippen molar-refractivity contribution in [2.75, 3.05) is 13.2 Å². The number of nitrogens with zero attached hydrogens (tertiary/aromatic N) is 2. The highest BCUT2D eigenvalue weighted by molar-refractivity contribution is 7.91. The number of benzene rings is 1. The quantitative estimate of drug-likeness (QED) is 0.179. The molecule has 3 heterocycles. The molecule has 2 unspecified atom stereocenters. The molecule has 0 bridgehead atoms. The number of amides is 2. The zero-order chi connectivity index (χ0) is 41.9. The van der Waals surface area contributed by atoms with E-state index < -0.39 is 50.1 Å². The zero-order valence-corrected chi connectivity index (χ0v) is 36.2. The predicted octanol–water partition coefficient (Wildman–Crippen LogP) is 7.35. The van der Waals surface area contributed by atoms with Crippen molar-refractivity contribution in [2.24, 2.45) is 40.9 Å². The molecule has 320 valence electrons. The van der Waals surface area contributed by atoms with E-state index >= 15 is 4.79 Å². The summed E-state index contributed by atoms with van der Waals surface area (Å²) in [4.78, 5) is 63.9. The minimum Gasteiger partial charge on any atom is -0.478 e. The van der Waals surface area contributed by atoms with Crippen molar-refractivity contribution >= 4 is 56.0 Å². The van der Waals surface area contributed by atoms with Crippen molar-refractivity contribution in [1.29, 1.82) is 0 Å². The van der Waals surface area contributed by atoms with Crippen LogP contribution in [0.1, 0.15) is 111 Å². The molecule has 6 aliphatic rings. The van der Waals surface area contributed by atoms with E-state index in [1.54, 1.807) is 30.0 Å². The van der Waals surface area contributed by atoms with Crippen molar-refractivity contribution in [3.05, 3.63) is 41.4 Å². The van der Waals surface area contributed by atoms with E-state index in [1.807, 2.05) is 32.1 Å². The third kappa shape index (κ3) is 8.74. The second kappa shape index (κ2) is 16.3. The second-order valence-corrected chi connectivity index (χ2v) is 21.5. The highest BCUT2D eigenvalue weighted by atomic mass is 35.5. The van der Waals surface area contributed by atoms with Crippen molar-refractivity contribution in [3.63, 3.8) is 0 Å². The van der Waals surface area contributed by atoms with Gasteiger partial charge in [0.25, 0.3) is 0 Å². The summed E-state index contributed by atoms with van der Waals surface area (Å²) in [7, 11) is -3.96. The molecule has 0 radical (unpaired) electrons. The fourth-order valence-electron chi connectivity index (χ4n) is 9.97. The summed E-state index contributed by atoms with van der Waals surface area (Å²) in [5.41, 5.74) is -1.27. The van der Waals surface area contributed by atoms with E-state index in [0.29, 0.717) is 65.8 Å². The number of carbonyl (C=O) groups excluding carboxylic acids is 4. The number of rotatable bonds is 11. The summed E-state index contributed by atoms with van der Waals surface area (Å²) >= 11 is 6.64. The Bertz CT molecular complexity index is 2130. The highest BCUT2D eigenvalue weighted by Gasteiger charge is 2.63. The number of sulfonamides is 1. The molecule has 2 amide bonds. The van der Waals surface area contributed by atoms with Crippen molar-refractivity contribution in [1.82, 2.24) is 14.6 Å². The lowest BCUT2D eigenvalue weighted by Crippen LogP contribution is -2.48. The van der Waals surface area contributed by atoms with Gasteiger partial charge in [-0.05, 0) is 113 Å². The smallest absolute Gasteiger partial charge is 0.306 e. The molecule has 14 heteroatoms. The number of esters is 1. The molecule has 4 aliphatic carbocycles. The van der Waals surface area contributed by atoms with E-state index in [2.05, 4.69) is 11.6 Å². The number of hydrogen-bond donors (Lipinski definition) is 1. The van der Waals surface area contributed by atoms with Crippen LogP contribution in [0.2, 0.25) is 5.02 Å². The molecule has 59 heavy (non-hydrogen) atoms. The molecule has 1 N–H and O–H groups in total. The standard InChI is InChI=1S/C45H58ClN3O9S/c1-5-15-56-39-21-35-33(11-8-12-36(35)46)41(47-39)58-32-20-37-38(50)24-45(43(53)48-59(54,55)44(4)13-14-44)23-30(45)10-7-6-9-26(2)16-27(3)34(42(52)49(37)25-32)22-40(51)57-31-18-28-17-29(28)19-31/h7-8,10-12,21,26-32,34,37H,5-6,9,13-20,22-25H2,1-4H3,(H,48,53)/b10-7-/t26-,27+,28-,29?,30+,31?,32+,34-,37-,45+/m0/s1. The van der Waals surface area contributed by atoms with Crippen LogP contribution >= 0.6 is 11.6 Å². The van der Waals surface area contributed by atoms with Gasteiger partial charge in [0.15, 0.2) is 5.78 Å². The van der Waals surface area contributed by atoms with Gasteiger partial charge < -0.3 is 19.1 Å². The molecule has 8 rings (SSSR count). The average Bonchev–Trinajstić information content (AvgIpc) is 4.14. The van der Waals surface area contributed by atoms with Gasteiger partial charge in [-0.25, -0.2) is 8.42 Å². The largest absolute Gasteiger partial charge is 0.478 e. The van der Waals surface area contributed by atoms with Crippen LogP contribution in [0.15, 0.2) is 36.4 Å². The summed E-state index contributed by atoms with van der Waals surface area (Å²) in [5.74, 6) is -0.990. The molecular weight excluding hydrogens is 794 g/mol. The van der Waals surface area contributed by atoms with Crippen LogP contribution in [0.25, 0.3) is 10.8 Å². The Balaban J connectivity index is 1.12. The summed E-state index contributed by atoms with van der Waals surface area (Å²) in [6.45, 7) is 8.22. The molecule has 1 aromatic carbocycles. The van der Waals surface area contributed by atoms with Gasteiger partial charge in [0, 0.05) is 34.7 Å². The zero-order valence-electron chi connectivity index (χ0n) is 34.6. The van der Waals surface area contributed by atoms with Gasteiger partial charge in [0.1, 0.15) is 12.2 Å². The Morgan fingerprint density at radius 1 is 1.03 bits per heavy atom. The number of allylic oxidation sites excluding steroid dienone is 2. The molecule has 2 aliphatic heterocycles. The summed E-state index contributed by atoms with van der Waals surface area (Å²) in [5, 5.41) is 1.81. The number of hydrogen-bond acceptors (Lipinski definition) is 10. The van der Waals surface area contributed by atoms with Gasteiger partial charge in [0.05, 0.1) is 41.7 Å². The van der Waals surface area contributed by atoms with E-state index in [1.165, 1.54) is 6.42 Å². The second-order valence-electron chi connectivity index (χ2n) is 18.9. The van der Waals surface area contributed by atoms with Crippen LogP contribution in [-0.4, -0.2) is 78.0 Å². The lowest BCUT2D eigenvalue weighted by Gasteiger charge is -2.32. The average molecular weight is 852 g/mol. The first kappa shape index (κ1) is 42.0. The van der Waals surface area contributed by atoms with Gasteiger partial charge in [-0.3, -0.25) is 23.9 Å². The van der Waals surface area contributed by atoms with Crippen LogP contribution in [-0.2, 0) is 33.9 Å². The fourth-order valence-corrected chi connectivity index (χ4v) is 11.5. The number of ether oxygens (including phenoxy) is 3. The first-order valence-electron chi connectivity index (χ1n) is 21.7. The topological polar surface area (TPSA) is 158 Å². The first-order valence-corrected chi connectivity index (χ1v) is 23.6. The number of carbonyl (C=O) groups is 4. The third-order valence-electron chi connectivity index (χ3n) is 14.2. The normalized spacial score (nSPS) is 34.4. The van der Waals surface area contributed by atoms with Crippen LogP contribution in [0.4, 0.5) is 0 Å². The molecule has 4 saturated carbocycles.